The van der Waals surface area contributed by atoms with E-state index in [1.807, 2.05) is 0 Å². The predicted octanol–water partition coefficient (Wildman–Crippen LogP) is 4.24. The molecule has 0 aliphatic heterocycles. The van der Waals surface area contributed by atoms with E-state index < -0.39 is 4.92 Å². The van der Waals surface area contributed by atoms with E-state index in [9.17, 15) is 10.1 Å². The van der Waals surface area contributed by atoms with Gasteiger partial charge in [-0.15, -0.1) is 11.3 Å². The topological polar surface area (TPSA) is 56.0 Å². The smallest absolute Gasteiger partial charge is 0.258 e. The zero-order chi connectivity index (χ0) is 11.7. The molecule has 0 aliphatic carbocycles. The van der Waals surface area contributed by atoms with Crippen molar-refractivity contribution in [3.8, 4) is 11.3 Å². The molecule has 2 rings (SSSR count). The standard InChI is InChI=1S/C9H4Br2N2O2S/c10-5-1-2-6(8(3-5)13(14)15)7-4-16-9(11)12-7/h1-4H. The lowest BCUT2D eigenvalue weighted by Gasteiger charge is -1.99. The highest BCUT2D eigenvalue weighted by Crippen LogP contribution is 2.33. The zero-order valence-electron chi connectivity index (χ0n) is 7.68. The second-order valence-corrected chi connectivity index (χ2v) is 5.95. The van der Waals surface area contributed by atoms with Gasteiger partial charge < -0.3 is 0 Å². The summed E-state index contributed by atoms with van der Waals surface area (Å²) in [6.07, 6.45) is 0. The van der Waals surface area contributed by atoms with Crippen LogP contribution in [0.15, 0.2) is 32.0 Å². The van der Waals surface area contributed by atoms with Gasteiger partial charge in [0.1, 0.15) is 0 Å². The van der Waals surface area contributed by atoms with Crippen LogP contribution >= 0.6 is 43.2 Å². The van der Waals surface area contributed by atoms with E-state index in [1.54, 1.807) is 17.5 Å². The van der Waals surface area contributed by atoms with Crippen LogP contribution in [-0.4, -0.2) is 9.91 Å². The molecule has 0 atom stereocenters. The van der Waals surface area contributed by atoms with E-state index in [0.717, 1.165) is 0 Å². The summed E-state index contributed by atoms with van der Waals surface area (Å²) in [7, 11) is 0. The molecule has 0 saturated heterocycles. The van der Waals surface area contributed by atoms with Crippen LogP contribution in [0.5, 0.6) is 0 Å². The molecule has 7 heteroatoms. The van der Waals surface area contributed by atoms with Crippen molar-refractivity contribution in [3.05, 3.63) is 42.1 Å². The summed E-state index contributed by atoms with van der Waals surface area (Å²) in [5.74, 6) is 0. The minimum atomic E-state index is -0.409. The average Bonchev–Trinajstić information content (AvgIpc) is 2.64. The normalized spacial score (nSPS) is 10.4. The molecule has 0 spiro atoms. The van der Waals surface area contributed by atoms with Gasteiger partial charge in [-0.05, 0) is 28.1 Å². The van der Waals surface area contributed by atoms with Gasteiger partial charge in [-0.3, -0.25) is 10.1 Å². The Morgan fingerprint density at radius 1 is 1.38 bits per heavy atom. The summed E-state index contributed by atoms with van der Waals surface area (Å²) in [4.78, 5) is 14.7. The lowest BCUT2D eigenvalue weighted by atomic mass is 10.1. The molecule has 2 aromatic rings. The third-order valence-corrected chi connectivity index (χ3v) is 3.77. The molecule has 1 heterocycles. The zero-order valence-corrected chi connectivity index (χ0v) is 11.7. The van der Waals surface area contributed by atoms with Crippen molar-refractivity contribution in [3.63, 3.8) is 0 Å². The number of nitro benzene ring substituents is 1. The molecular weight excluding hydrogens is 360 g/mol. The Morgan fingerprint density at radius 2 is 2.12 bits per heavy atom. The molecule has 0 unspecified atom stereocenters. The molecule has 0 N–H and O–H groups in total. The van der Waals surface area contributed by atoms with Crippen LogP contribution in [0, 0.1) is 10.1 Å². The van der Waals surface area contributed by atoms with Crippen LogP contribution in [-0.2, 0) is 0 Å². The van der Waals surface area contributed by atoms with Gasteiger partial charge in [0.15, 0.2) is 3.92 Å². The summed E-state index contributed by atoms with van der Waals surface area (Å²) in [5.41, 5.74) is 1.18. The van der Waals surface area contributed by atoms with E-state index in [4.69, 9.17) is 0 Å². The molecular formula is C9H4Br2N2O2S. The number of halogens is 2. The van der Waals surface area contributed by atoms with E-state index in [0.29, 0.717) is 19.6 Å². The van der Waals surface area contributed by atoms with Crippen molar-refractivity contribution in [1.29, 1.82) is 0 Å². The fraction of sp³-hybridized carbons (Fsp3) is 0. The Balaban J connectivity index is 2.60. The number of thiazole rings is 1. The monoisotopic (exact) mass is 362 g/mol. The maximum atomic E-state index is 10.9. The summed E-state index contributed by atoms with van der Waals surface area (Å²) < 4.78 is 1.39. The first-order chi connectivity index (χ1) is 7.58. The van der Waals surface area contributed by atoms with Gasteiger partial charge in [0.2, 0.25) is 0 Å². The van der Waals surface area contributed by atoms with Crippen molar-refractivity contribution in [2.75, 3.05) is 0 Å². The Hall–Kier alpha value is -0.790. The molecule has 0 amide bonds. The second-order valence-electron chi connectivity index (χ2n) is 2.90. The van der Waals surface area contributed by atoms with Crippen molar-refractivity contribution >= 4 is 48.9 Å². The Morgan fingerprint density at radius 3 is 2.69 bits per heavy atom. The fourth-order valence-corrected chi connectivity index (χ4v) is 2.61. The summed E-state index contributed by atoms with van der Waals surface area (Å²) in [6.45, 7) is 0. The van der Waals surface area contributed by atoms with Gasteiger partial charge >= 0.3 is 0 Å². The lowest BCUT2D eigenvalue weighted by molar-refractivity contribution is -0.384. The molecule has 0 fully saturated rings. The second kappa shape index (κ2) is 4.60. The van der Waals surface area contributed by atoms with Crippen LogP contribution in [0.25, 0.3) is 11.3 Å². The van der Waals surface area contributed by atoms with Crippen LogP contribution in [0.3, 0.4) is 0 Å². The van der Waals surface area contributed by atoms with Gasteiger partial charge in [-0.25, -0.2) is 4.98 Å². The Labute approximate surface area is 112 Å². The van der Waals surface area contributed by atoms with Crippen molar-refractivity contribution in [2.45, 2.75) is 0 Å². The van der Waals surface area contributed by atoms with Crippen LogP contribution in [0.1, 0.15) is 0 Å². The van der Waals surface area contributed by atoms with Crippen LogP contribution < -0.4 is 0 Å². The van der Waals surface area contributed by atoms with Gasteiger partial charge in [0.05, 0.1) is 16.2 Å². The molecule has 0 bridgehead atoms. The maximum Gasteiger partial charge on any atom is 0.279 e. The number of aromatic nitrogens is 1. The lowest BCUT2D eigenvalue weighted by Crippen LogP contribution is -1.92. The van der Waals surface area contributed by atoms with Gasteiger partial charge in [0, 0.05) is 15.9 Å². The third kappa shape index (κ3) is 2.31. The van der Waals surface area contributed by atoms with E-state index >= 15 is 0 Å². The molecule has 4 nitrogen and oxygen atoms in total. The first-order valence-electron chi connectivity index (χ1n) is 4.13. The van der Waals surface area contributed by atoms with E-state index in [2.05, 4.69) is 36.8 Å². The molecule has 0 saturated carbocycles. The Kier molecular flexibility index (Phi) is 3.36. The highest BCUT2D eigenvalue weighted by Gasteiger charge is 2.17. The summed E-state index contributed by atoms with van der Waals surface area (Å²) in [5, 5.41) is 12.7. The SMILES string of the molecule is O=[N+]([O-])c1cc(Br)ccc1-c1csc(Br)n1. The number of nitrogens with zero attached hydrogens (tertiary/aromatic N) is 2. The van der Waals surface area contributed by atoms with Crippen molar-refractivity contribution in [1.82, 2.24) is 4.98 Å². The fourth-order valence-electron chi connectivity index (χ4n) is 1.25. The first kappa shape index (κ1) is 11.7. The number of hydrogen-bond donors (Lipinski definition) is 0. The molecule has 82 valence electrons. The summed E-state index contributed by atoms with van der Waals surface area (Å²) >= 11 is 7.84. The molecule has 16 heavy (non-hydrogen) atoms. The molecule has 0 radical (unpaired) electrons. The quantitative estimate of drug-likeness (QED) is 0.592. The Bertz CT molecular complexity index is 556. The maximum absolute atomic E-state index is 10.9. The number of nitro groups is 1. The molecule has 0 aliphatic rings. The van der Waals surface area contributed by atoms with Crippen LogP contribution in [0.2, 0.25) is 0 Å². The third-order valence-electron chi connectivity index (χ3n) is 1.91. The average molecular weight is 364 g/mol. The van der Waals surface area contributed by atoms with Gasteiger partial charge in [-0.1, -0.05) is 15.9 Å². The van der Waals surface area contributed by atoms with E-state index in [-0.39, 0.29) is 5.69 Å². The van der Waals surface area contributed by atoms with Crippen molar-refractivity contribution < 1.29 is 4.92 Å². The predicted molar refractivity (Wildman–Crippen MR) is 69.6 cm³/mol. The minimum absolute atomic E-state index is 0.0483. The summed E-state index contributed by atoms with van der Waals surface area (Å²) in [6, 6.07) is 4.92. The first-order valence-corrected chi connectivity index (χ1v) is 6.60. The highest BCUT2D eigenvalue weighted by atomic mass is 79.9. The molecule has 1 aromatic heterocycles. The van der Waals surface area contributed by atoms with E-state index in [1.165, 1.54) is 17.4 Å². The van der Waals surface area contributed by atoms with Crippen molar-refractivity contribution in [2.24, 2.45) is 0 Å². The van der Waals surface area contributed by atoms with Crippen LogP contribution in [0.4, 0.5) is 5.69 Å². The largest absolute Gasteiger partial charge is 0.279 e. The van der Waals surface area contributed by atoms with Gasteiger partial charge in [-0.2, -0.15) is 0 Å². The number of hydrogen-bond acceptors (Lipinski definition) is 4. The highest BCUT2D eigenvalue weighted by molar-refractivity contribution is 9.11. The minimum Gasteiger partial charge on any atom is -0.258 e. The van der Waals surface area contributed by atoms with Gasteiger partial charge in [0.25, 0.3) is 5.69 Å². The number of rotatable bonds is 2. The molecule has 1 aromatic carbocycles. The number of benzene rings is 1.